The molecule has 1 unspecified atom stereocenters. The van der Waals surface area contributed by atoms with Gasteiger partial charge in [-0.3, -0.25) is 14.4 Å². The van der Waals surface area contributed by atoms with Gasteiger partial charge in [0.05, 0.1) is 0 Å². The molecule has 0 aliphatic heterocycles. The van der Waals surface area contributed by atoms with Crippen LogP contribution in [0.4, 0.5) is 0 Å². The number of rotatable bonds is 51. The Morgan fingerprint density at radius 2 is 0.540 bits per heavy atom. The zero-order valence-corrected chi connectivity index (χ0v) is 42.4. The predicted octanol–water partition coefficient (Wildman–Crippen LogP) is 18.3. The van der Waals surface area contributed by atoms with Crippen LogP contribution in [0.25, 0.3) is 0 Å². The Kier molecular flexibility index (Phi) is 50.8. The van der Waals surface area contributed by atoms with Crippen LogP contribution in [0.15, 0.2) is 24.3 Å². The first-order valence-electron chi connectivity index (χ1n) is 27.8. The Labute approximate surface area is 392 Å². The molecule has 0 bridgehead atoms. The molecule has 0 spiro atoms. The molecule has 0 aliphatic carbocycles. The van der Waals surface area contributed by atoms with Crippen molar-refractivity contribution in [2.45, 2.75) is 309 Å². The zero-order chi connectivity index (χ0) is 45.8. The first-order chi connectivity index (χ1) is 31.0. The van der Waals surface area contributed by atoms with E-state index in [1.165, 1.54) is 199 Å². The van der Waals surface area contributed by atoms with Crippen LogP contribution in [0.3, 0.4) is 0 Å². The minimum atomic E-state index is -0.772. The van der Waals surface area contributed by atoms with Gasteiger partial charge in [0.25, 0.3) is 0 Å². The number of unbranched alkanes of at least 4 members (excludes halogenated alkanes) is 36. The SMILES string of the molecule is CCCC/C=C\CCCCCCCC(=O)OCC(COC(=O)CCCCCCCCCCCCCCCCCCCCC)OC(=O)CCCCCCCCC/C=C\CCCCCC. The fourth-order valence-corrected chi connectivity index (χ4v) is 8.18. The maximum Gasteiger partial charge on any atom is 0.306 e. The molecule has 0 fully saturated rings. The average molecular weight is 887 g/mol. The van der Waals surface area contributed by atoms with E-state index in [1.807, 2.05) is 0 Å². The van der Waals surface area contributed by atoms with E-state index in [1.54, 1.807) is 0 Å². The smallest absolute Gasteiger partial charge is 0.306 e. The van der Waals surface area contributed by atoms with Gasteiger partial charge in [-0.1, -0.05) is 244 Å². The van der Waals surface area contributed by atoms with Crippen LogP contribution in [0.2, 0.25) is 0 Å². The lowest BCUT2D eigenvalue weighted by atomic mass is 10.0. The van der Waals surface area contributed by atoms with E-state index in [2.05, 4.69) is 45.1 Å². The molecule has 0 aromatic rings. The quantitative estimate of drug-likeness (QED) is 0.0262. The van der Waals surface area contributed by atoms with Gasteiger partial charge in [-0.15, -0.1) is 0 Å². The summed E-state index contributed by atoms with van der Waals surface area (Å²) >= 11 is 0. The molecule has 0 heterocycles. The number of carbonyl (C=O) groups excluding carboxylic acids is 3. The summed E-state index contributed by atoms with van der Waals surface area (Å²) in [6.45, 7) is 6.62. The van der Waals surface area contributed by atoms with Crippen LogP contribution < -0.4 is 0 Å². The number of hydrogen-bond donors (Lipinski definition) is 0. The lowest BCUT2D eigenvalue weighted by Crippen LogP contribution is -2.30. The minimum absolute atomic E-state index is 0.0715. The summed E-state index contributed by atoms with van der Waals surface area (Å²) in [5.41, 5.74) is 0. The molecular weight excluding hydrogens is 781 g/mol. The molecule has 0 saturated carbocycles. The maximum atomic E-state index is 12.8. The molecule has 0 radical (unpaired) electrons. The summed E-state index contributed by atoms with van der Waals surface area (Å²) in [4.78, 5) is 38.0. The molecule has 63 heavy (non-hydrogen) atoms. The highest BCUT2D eigenvalue weighted by molar-refractivity contribution is 5.71. The van der Waals surface area contributed by atoms with E-state index in [4.69, 9.17) is 14.2 Å². The predicted molar refractivity (Wildman–Crippen MR) is 270 cm³/mol. The third-order valence-electron chi connectivity index (χ3n) is 12.4. The van der Waals surface area contributed by atoms with E-state index in [9.17, 15) is 14.4 Å². The summed E-state index contributed by atoms with van der Waals surface area (Å²) in [5, 5.41) is 0. The summed E-state index contributed by atoms with van der Waals surface area (Å²) in [6, 6.07) is 0. The topological polar surface area (TPSA) is 78.9 Å². The van der Waals surface area contributed by atoms with Gasteiger partial charge in [0.2, 0.25) is 0 Å². The van der Waals surface area contributed by atoms with Gasteiger partial charge in [-0.05, 0) is 64.2 Å². The van der Waals surface area contributed by atoms with Crippen LogP contribution in [0.1, 0.15) is 303 Å². The molecule has 6 nitrogen and oxygen atoms in total. The number of carbonyl (C=O) groups is 3. The van der Waals surface area contributed by atoms with Crippen molar-refractivity contribution in [3.8, 4) is 0 Å². The normalized spacial score (nSPS) is 12.1. The molecule has 0 amide bonds. The Bertz CT molecular complexity index is 1020. The molecule has 0 rings (SSSR count). The number of hydrogen-bond acceptors (Lipinski definition) is 6. The molecule has 1 atom stereocenters. The highest BCUT2D eigenvalue weighted by atomic mass is 16.6. The molecular formula is C57H106O6. The molecule has 0 saturated heterocycles. The molecule has 370 valence electrons. The lowest BCUT2D eigenvalue weighted by Gasteiger charge is -2.18. The van der Waals surface area contributed by atoms with Crippen LogP contribution >= 0.6 is 0 Å². The van der Waals surface area contributed by atoms with E-state index >= 15 is 0 Å². The van der Waals surface area contributed by atoms with Crippen LogP contribution in [0.5, 0.6) is 0 Å². The summed E-state index contributed by atoms with van der Waals surface area (Å²) < 4.78 is 16.8. The number of allylic oxidation sites excluding steroid dienone is 4. The maximum absolute atomic E-state index is 12.8. The largest absolute Gasteiger partial charge is 0.462 e. The van der Waals surface area contributed by atoms with Gasteiger partial charge >= 0.3 is 17.9 Å². The fraction of sp³-hybridized carbons (Fsp3) is 0.877. The molecule has 6 heteroatoms. The molecule has 0 aromatic heterocycles. The Morgan fingerprint density at radius 1 is 0.302 bits per heavy atom. The van der Waals surface area contributed by atoms with Crippen molar-refractivity contribution in [3.05, 3.63) is 24.3 Å². The highest BCUT2D eigenvalue weighted by Crippen LogP contribution is 2.17. The second-order valence-corrected chi connectivity index (χ2v) is 18.8. The summed E-state index contributed by atoms with van der Waals surface area (Å²) in [7, 11) is 0. The van der Waals surface area contributed by atoms with E-state index < -0.39 is 6.10 Å². The van der Waals surface area contributed by atoms with Crippen molar-refractivity contribution < 1.29 is 28.6 Å². The van der Waals surface area contributed by atoms with Gasteiger partial charge in [0.15, 0.2) is 6.10 Å². The third kappa shape index (κ3) is 50.7. The van der Waals surface area contributed by atoms with Crippen molar-refractivity contribution in [3.63, 3.8) is 0 Å². The minimum Gasteiger partial charge on any atom is -0.462 e. The second-order valence-electron chi connectivity index (χ2n) is 18.8. The van der Waals surface area contributed by atoms with Crippen LogP contribution in [-0.4, -0.2) is 37.2 Å². The lowest BCUT2D eigenvalue weighted by molar-refractivity contribution is -0.167. The zero-order valence-electron chi connectivity index (χ0n) is 42.4. The van der Waals surface area contributed by atoms with Crippen molar-refractivity contribution in [1.29, 1.82) is 0 Å². The Hall–Kier alpha value is -2.11. The van der Waals surface area contributed by atoms with Crippen LogP contribution in [0, 0.1) is 0 Å². The van der Waals surface area contributed by atoms with Gasteiger partial charge in [-0.25, -0.2) is 0 Å². The molecule has 0 aromatic carbocycles. The van der Waals surface area contributed by atoms with Crippen molar-refractivity contribution in [1.82, 2.24) is 0 Å². The van der Waals surface area contributed by atoms with Gasteiger partial charge < -0.3 is 14.2 Å². The van der Waals surface area contributed by atoms with Crippen molar-refractivity contribution >= 4 is 17.9 Å². The Morgan fingerprint density at radius 3 is 0.857 bits per heavy atom. The Balaban J connectivity index is 4.28. The van der Waals surface area contributed by atoms with E-state index in [-0.39, 0.29) is 31.1 Å². The van der Waals surface area contributed by atoms with Crippen LogP contribution in [-0.2, 0) is 28.6 Å². The van der Waals surface area contributed by atoms with Crippen molar-refractivity contribution in [2.24, 2.45) is 0 Å². The molecule has 0 aliphatic rings. The third-order valence-corrected chi connectivity index (χ3v) is 12.4. The first kappa shape index (κ1) is 60.9. The average Bonchev–Trinajstić information content (AvgIpc) is 3.28. The summed E-state index contributed by atoms with van der Waals surface area (Å²) in [6.07, 6.45) is 60.2. The summed E-state index contributed by atoms with van der Waals surface area (Å²) in [5.74, 6) is -0.870. The monoisotopic (exact) mass is 887 g/mol. The molecule has 0 N–H and O–H groups in total. The fourth-order valence-electron chi connectivity index (χ4n) is 8.18. The van der Waals surface area contributed by atoms with E-state index in [0.717, 1.165) is 64.2 Å². The van der Waals surface area contributed by atoms with Crippen molar-refractivity contribution in [2.75, 3.05) is 13.2 Å². The van der Waals surface area contributed by atoms with E-state index in [0.29, 0.717) is 19.3 Å². The standard InChI is InChI=1S/C57H106O6/c1-4-7-10-13-16-19-22-24-26-27-28-29-31-32-35-38-41-44-47-50-56(59)62-53-54(52-61-55(58)49-46-43-40-37-34-21-18-15-12-9-6-3)63-57(60)51-48-45-42-39-36-33-30-25-23-20-17-14-11-8-5-2/h15,18,20,23,54H,4-14,16-17,19,21-22,24-53H2,1-3H3/b18-15-,23-20-. The number of ether oxygens (including phenoxy) is 3. The van der Waals surface area contributed by atoms with Gasteiger partial charge in [0.1, 0.15) is 13.2 Å². The van der Waals surface area contributed by atoms with Gasteiger partial charge in [0, 0.05) is 19.3 Å². The second kappa shape index (κ2) is 52.5. The number of esters is 3. The highest BCUT2D eigenvalue weighted by Gasteiger charge is 2.19. The van der Waals surface area contributed by atoms with Gasteiger partial charge in [-0.2, -0.15) is 0 Å². The first-order valence-corrected chi connectivity index (χ1v) is 27.8.